The fourth-order valence-corrected chi connectivity index (χ4v) is 2.53. The summed E-state index contributed by atoms with van der Waals surface area (Å²) in [6, 6.07) is 11.0. The largest absolute Gasteiger partial charge is 0.398 e. The number of ketones is 1. The summed E-state index contributed by atoms with van der Waals surface area (Å²) in [5, 5.41) is 2.79. The summed E-state index contributed by atoms with van der Waals surface area (Å²) in [6.07, 6.45) is 0. The van der Waals surface area contributed by atoms with Crippen molar-refractivity contribution in [2.75, 3.05) is 5.73 Å². The second-order valence-electron chi connectivity index (χ2n) is 4.87. The first kappa shape index (κ1) is 12.4. The van der Waals surface area contributed by atoms with E-state index >= 15 is 0 Å². The quantitative estimate of drug-likeness (QED) is 0.647. The average Bonchev–Trinajstić information content (AvgIpc) is 2.83. The molecule has 4 nitrogen and oxygen atoms in total. The maximum Gasteiger partial charge on any atom is 0.254 e. The lowest BCUT2D eigenvalue weighted by Crippen LogP contribution is -2.13. The van der Waals surface area contributed by atoms with Crippen molar-refractivity contribution in [3.63, 3.8) is 0 Å². The van der Waals surface area contributed by atoms with Crippen molar-refractivity contribution in [2.24, 2.45) is 0 Å². The van der Waals surface area contributed by atoms with Gasteiger partial charge in [-0.2, -0.15) is 0 Å². The Morgan fingerprint density at radius 1 is 1.15 bits per heavy atom. The van der Waals surface area contributed by atoms with Gasteiger partial charge in [-0.25, -0.2) is 0 Å². The van der Waals surface area contributed by atoms with Crippen molar-refractivity contribution in [1.29, 1.82) is 0 Å². The summed E-state index contributed by atoms with van der Waals surface area (Å²) in [4.78, 5) is 23.1. The number of hydrogen-bond donors (Lipinski definition) is 2. The van der Waals surface area contributed by atoms with Gasteiger partial charge in [0.1, 0.15) is 0 Å². The lowest BCUT2D eigenvalue weighted by atomic mass is 9.95. The minimum absolute atomic E-state index is 0.0379. The Labute approximate surface area is 116 Å². The number of nitrogens with two attached hydrogens (primary N) is 1. The second-order valence-corrected chi connectivity index (χ2v) is 4.87. The predicted octanol–water partition coefficient (Wildman–Crippen LogP) is 2.38. The lowest BCUT2D eigenvalue weighted by molar-refractivity contribution is 0.0965. The lowest BCUT2D eigenvalue weighted by Gasteiger charge is -2.09. The molecule has 2 aromatic rings. The number of Topliss-reactive ketones (excluding diaryl/α,β-unsaturated/α-hetero) is 1. The van der Waals surface area contributed by atoms with Crippen LogP contribution in [0.1, 0.15) is 33.2 Å². The standard InChI is InChI=1S/C16H14N2O2/c1-9(19)10-2-4-11(5-3-10)12-6-7-14(17)15-13(12)8-18-16(15)20/h2-7H,8,17H2,1H3,(H,18,20). The van der Waals surface area contributed by atoms with E-state index in [9.17, 15) is 9.59 Å². The number of anilines is 1. The highest BCUT2D eigenvalue weighted by Crippen LogP contribution is 2.32. The summed E-state index contributed by atoms with van der Waals surface area (Å²) in [7, 11) is 0. The Balaban J connectivity index is 2.12. The van der Waals surface area contributed by atoms with Gasteiger partial charge in [0, 0.05) is 17.8 Å². The number of fused-ring (bicyclic) bond motifs is 1. The number of amides is 1. The van der Waals surface area contributed by atoms with Crippen LogP contribution in [0.3, 0.4) is 0 Å². The number of carbonyl (C=O) groups is 2. The molecular formula is C16H14N2O2. The molecule has 1 aliphatic rings. The van der Waals surface area contributed by atoms with E-state index in [0.29, 0.717) is 23.4 Å². The highest BCUT2D eigenvalue weighted by molar-refractivity contribution is 6.05. The Kier molecular flexibility index (Phi) is 2.79. The van der Waals surface area contributed by atoms with Crippen molar-refractivity contribution in [2.45, 2.75) is 13.5 Å². The zero-order valence-electron chi connectivity index (χ0n) is 11.1. The molecule has 0 fully saturated rings. The Bertz CT molecular complexity index is 718. The van der Waals surface area contributed by atoms with Crippen molar-refractivity contribution in [3.8, 4) is 11.1 Å². The van der Waals surface area contributed by atoms with Gasteiger partial charge in [-0.1, -0.05) is 30.3 Å². The van der Waals surface area contributed by atoms with Crippen LogP contribution < -0.4 is 11.1 Å². The molecule has 1 amide bonds. The summed E-state index contributed by atoms with van der Waals surface area (Å²) < 4.78 is 0. The molecule has 0 saturated carbocycles. The molecule has 1 aliphatic heterocycles. The van der Waals surface area contributed by atoms with Gasteiger partial charge in [-0.05, 0) is 29.7 Å². The average molecular weight is 266 g/mol. The first-order chi connectivity index (χ1) is 9.58. The number of carbonyl (C=O) groups excluding carboxylic acids is 2. The third-order valence-corrected chi connectivity index (χ3v) is 3.60. The number of hydrogen-bond acceptors (Lipinski definition) is 3. The van der Waals surface area contributed by atoms with E-state index in [2.05, 4.69) is 5.32 Å². The van der Waals surface area contributed by atoms with Crippen LogP contribution in [0.2, 0.25) is 0 Å². The highest BCUT2D eigenvalue weighted by Gasteiger charge is 2.24. The maximum atomic E-state index is 11.8. The minimum Gasteiger partial charge on any atom is -0.398 e. The minimum atomic E-state index is -0.125. The van der Waals surface area contributed by atoms with Crippen LogP contribution in [-0.2, 0) is 6.54 Å². The first-order valence-corrected chi connectivity index (χ1v) is 6.39. The van der Waals surface area contributed by atoms with Gasteiger partial charge < -0.3 is 11.1 Å². The molecular weight excluding hydrogens is 252 g/mol. The van der Waals surface area contributed by atoms with Gasteiger partial charge in [-0.3, -0.25) is 9.59 Å². The van der Waals surface area contributed by atoms with Gasteiger partial charge in [0.25, 0.3) is 5.91 Å². The van der Waals surface area contributed by atoms with E-state index in [4.69, 9.17) is 5.73 Å². The van der Waals surface area contributed by atoms with Crippen LogP contribution in [-0.4, -0.2) is 11.7 Å². The molecule has 0 aromatic heterocycles. The molecule has 0 spiro atoms. The van der Waals surface area contributed by atoms with Gasteiger partial charge >= 0.3 is 0 Å². The molecule has 0 unspecified atom stereocenters. The molecule has 3 N–H and O–H groups in total. The molecule has 0 aliphatic carbocycles. The molecule has 20 heavy (non-hydrogen) atoms. The number of benzene rings is 2. The monoisotopic (exact) mass is 266 g/mol. The molecule has 0 radical (unpaired) electrons. The summed E-state index contributed by atoms with van der Waals surface area (Å²) in [6.45, 7) is 2.03. The highest BCUT2D eigenvalue weighted by atomic mass is 16.2. The molecule has 4 heteroatoms. The van der Waals surface area contributed by atoms with Crippen molar-refractivity contribution in [3.05, 3.63) is 53.1 Å². The molecule has 100 valence electrons. The smallest absolute Gasteiger partial charge is 0.254 e. The van der Waals surface area contributed by atoms with Gasteiger partial charge in [0.2, 0.25) is 0 Å². The summed E-state index contributed by atoms with van der Waals surface area (Å²) >= 11 is 0. The Morgan fingerprint density at radius 3 is 2.50 bits per heavy atom. The van der Waals surface area contributed by atoms with Crippen molar-refractivity contribution < 1.29 is 9.59 Å². The summed E-state index contributed by atoms with van der Waals surface area (Å²) in [5.41, 5.74) is 10.5. The van der Waals surface area contributed by atoms with Crippen LogP contribution >= 0.6 is 0 Å². The maximum absolute atomic E-state index is 11.8. The molecule has 0 atom stereocenters. The van der Waals surface area contributed by atoms with Crippen LogP contribution in [0, 0.1) is 0 Å². The predicted molar refractivity (Wildman–Crippen MR) is 77.5 cm³/mol. The van der Waals surface area contributed by atoms with Crippen LogP contribution in [0.4, 0.5) is 5.69 Å². The zero-order valence-corrected chi connectivity index (χ0v) is 11.1. The number of rotatable bonds is 2. The third kappa shape index (κ3) is 1.86. The van der Waals surface area contributed by atoms with Gasteiger partial charge in [0.15, 0.2) is 5.78 Å². The second kappa shape index (κ2) is 4.49. The van der Waals surface area contributed by atoms with Crippen LogP contribution in [0.25, 0.3) is 11.1 Å². The molecule has 1 heterocycles. The Morgan fingerprint density at radius 2 is 1.85 bits per heavy atom. The Hall–Kier alpha value is -2.62. The fraction of sp³-hybridized carbons (Fsp3) is 0.125. The molecule has 2 aromatic carbocycles. The number of nitrogen functional groups attached to an aromatic ring is 1. The number of nitrogens with one attached hydrogen (secondary N) is 1. The van der Waals surface area contributed by atoms with Crippen molar-refractivity contribution >= 4 is 17.4 Å². The van der Waals surface area contributed by atoms with E-state index in [1.54, 1.807) is 25.1 Å². The first-order valence-electron chi connectivity index (χ1n) is 6.39. The van der Waals surface area contributed by atoms with E-state index in [1.807, 2.05) is 18.2 Å². The molecule has 3 rings (SSSR count). The van der Waals surface area contributed by atoms with E-state index < -0.39 is 0 Å². The van der Waals surface area contributed by atoms with Gasteiger partial charge in [-0.15, -0.1) is 0 Å². The third-order valence-electron chi connectivity index (χ3n) is 3.60. The van der Waals surface area contributed by atoms with Crippen molar-refractivity contribution in [1.82, 2.24) is 5.32 Å². The van der Waals surface area contributed by atoms with Crippen LogP contribution in [0.5, 0.6) is 0 Å². The van der Waals surface area contributed by atoms with E-state index in [0.717, 1.165) is 16.7 Å². The molecule has 0 saturated heterocycles. The van der Waals surface area contributed by atoms with E-state index in [1.165, 1.54) is 0 Å². The topological polar surface area (TPSA) is 72.2 Å². The van der Waals surface area contributed by atoms with E-state index in [-0.39, 0.29) is 11.7 Å². The van der Waals surface area contributed by atoms with Crippen LogP contribution in [0.15, 0.2) is 36.4 Å². The fourth-order valence-electron chi connectivity index (χ4n) is 2.53. The molecule has 0 bridgehead atoms. The normalized spacial score (nSPS) is 12.9. The SMILES string of the molecule is CC(=O)c1ccc(-c2ccc(N)c3c2CNC3=O)cc1. The van der Waals surface area contributed by atoms with Gasteiger partial charge in [0.05, 0.1) is 5.56 Å². The summed E-state index contributed by atoms with van der Waals surface area (Å²) in [5.74, 6) is -0.0874. The zero-order chi connectivity index (χ0) is 14.3.